The van der Waals surface area contributed by atoms with Gasteiger partial charge in [0.1, 0.15) is 0 Å². The van der Waals surface area contributed by atoms with Crippen LogP contribution in [0.3, 0.4) is 0 Å². The van der Waals surface area contributed by atoms with E-state index in [0.29, 0.717) is 12.1 Å². The molecule has 2 aromatic rings. The fraction of sp³-hybridized carbons (Fsp3) is 0.375. The lowest BCUT2D eigenvalue weighted by molar-refractivity contribution is -0.892. The minimum atomic E-state index is -0.219. The SMILES string of the molecule is CCc1ccccc1NC(=O)CNC(=O)C[NH+]1CCN(c2ccc(C(C)=O)cc2)CC1. The lowest BCUT2D eigenvalue weighted by atomic mass is 10.1. The van der Waals surface area contributed by atoms with E-state index < -0.39 is 0 Å². The molecule has 7 nitrogen and oxygen atoms in total. The van der Waals surface area contributed by atoms with E-state index in [0.717, 1.165) is 49.5 Å². The van der Waals surface area contributed by atoms with Gasteiger partial charge in [-0.2, -0.15) is 0 Å². The van der Waals surface area contributed by atoms with Crippen LogP contribution >= 0.6 is 0 Å². The Morgan fingerprint density at radius 3 is 2.29 bits per heavy atom. The molecule has 1 aliphatic rings. The molecule has 0 unspecified atom stereocenters. The van der Waals surface area contributed by atoms with Gasteiger partial charge in [0.15, 0.2) is 12.3 Å². The zero-order valence-electron chi connectivity index (χ0n) is 18.2. The maximum Gasteiger partial charge on any atom is 0.275 e. The molecule has 3 rings (SSSR count). The molecule has 0 aliphatic carbocycles. The number of hydrogen-bond acceptors (Lipinski definition) is 4. The monoisotopic (exact) mass is 423 g/mol. The fourth-order valence-electron chi connectivity index (χ4n) is 3.78. The number of Topliss-reactive ketones (excluding diaryl/α,β-unsaturated/α-hetero) is 1. The summed E-state index contributed by atoms with van der Waals surface area (Å²) in [6.07, 6.45) is 0.832. The van der Waals surface area contributed by atoms with E-state index in [1.54, 1.807) is 6.92 Å². The average Bonchev–Trinajstić information content (AvgIpc) is 2.78. The first kappa shape index (κ1) is 22.5. The second-order valence-corrected chi connectivity index (χ2v) is 7.85. The van der Waals surface area contributed by atoms with Crippen molar-refractivity contribution < 1.29 is 19.3 Å². The van der Waals surface area contributed by atoms with Crippen molar-refractivity contribution in [1.82, 2.24) is 5.32 Å². The Balaban J connectivity index is 1.39. The van der Waals surface area contributed by atoms with Crippen LogP contribution in [0, 0.1) is 0 Å². The van der Waals surface area contributed by atoms with Crippen molar-refractivity contribution in [3.8, 4) is 0 Å². The Kier molecular flexibility index (Phi) is 7.78. The van der Waals surface area contributed by atoms with Crippen LogP contribution in [-0.2, 0) is 16.0 Å². The number of nitrogens with zero attached hydrogens (tertiary/aromatic N) is 1. The number of hydrogen-bond donors (Lipinski definition) is 3. The Morgan fingerprint density at radius 2 is 1.65 bits per heavy atom. The highest BCUT2D eigenvalue weighted by Crippen LogP contribution is 2.16. The number of piperazine rings is 1. The zero-order valence-corrected chi connectivity index (χ0v) is 18.2. The lowest BCUT2D eigenvalue weighted by Gasteiger charge is -2.33. The van der Waals surface area contributed by atoms with Crippen LogP contribution < -0.4 is 20.4 Å². The van der Waals surface area contributed by atoms with Crippen LogP contribution in [-0.4, -0.2) is 56.9 Å². The number of ketones is 1. The molecule has 2 aromatic carbocycles. The third-order valence-corrected chi connectivity index (χ3v) is 5.64. The quantitative estimate of drug-likeness (QED) is 0.552. The number of aryl methyl sites for hydroxylation is 1. The van der Waals surface area contributed by atoms with E-state index >= 15 is 0 Å². The van der Waals surface area contributed by atoms with Crippen LogP contribution in [0.15, 0.2) is 48.5 Å². The van der Waals surface area contributed by atoms with E-state index in [4.69, 9.17) is 0 Å². The summed E-state index contributed by atoms with van der Waals surface area (Å²) in [6, 6.07) is 15.3. The molecule has 1 aliphatic heterocycles. The predicted molar refractivity (Wildman–Crippen MR) is 122 cm³/mol. The van der Waals surface area contributed by atoms with Gasteiger partial charge in [0.25, 0.3) is 5.91 Å². The first-order valence-electron chi connectivity index (χ1n) is 10.8. The molecule has 0 spiro atoms. The number of para-hydroxylation sites is 1. The molecule has 1 saturated heterocycles. The van der Waals surface area contributed by atoms with E-state index in [1.807, 2.05) is 55.5 Å². The molecule has 1 fully saturated rings. The molecule has 0 saturated carbocycles. The topological polar surface area (TPSA) is 82.9 Å². The molecule has 1 heterocycles. The highest BCUT2D eigenvalue weighted by molar-refractivity contribution is 5.95. The van der Waals surface area contributed by atoms with E-state index in [9.17, 15) is 14.4 Å². The summed E-state index contributed by atoms with van der Waals surface area (Å²) in [4.78, 5) is 39.4. The summed E-state index contributed by atoms with van der Waals surface area (Å²) in [7, 11) is 0. The summed E-state index contributed by atoms with van der Waals surface area (Å²) >= 11 is 0. The van der Waals surface area contributed by atoms with Crippen molar-refractivity contribution in [1.29, 1.82) is 0 Å². The van der Waals surface area contributed by atoms with Crippen molar-refractivity contribution in [2.24, 2.45) is 0 Å². The summed E-state index contributed by atoms with van der Waals surface area (Å²) in [6.45, 7) is 7.31. The number of carbonyl (C=O) groups is 3. The molecule has 164 valence electrons. The molecule has 3 N–H and O–H groups in total. The van der Waals surface area contributed by atoms with Crippen molar-refractivity contribution >= 4 is 29.0 Å². The number of quaternary nitrogens is 1. The molecule has 31 heavy (non-hydrogen) atoms. The Labute approximate surface area is 183 Å². The maximum atomic E-state index is 12.3. The minimum Gasteiger partial charge on any atom is -0.360 e. The van der Waals surface area contributed by atoms with Gasteiger partial charge in [-0.1, -0.05) is 25.1 Å². The number of amides is 2. The summed E-state index contributed by atoms with van der Waals surface area (Å²) in [5, 5.41) is 5.60. The molecule has 0 bridgehead atoms. The zero-order chi connectivity index (χ0) is 22.2. The molecule has 7 heteroatoms. The summed E-state index contributed by atoms with van der Waals surface area (Å²) < 4.78 is 0. The Hall–Kier alpha value is -3.19. The summed E-state index contributed by atoms with van der Waals surface area (Å²) in [5.74, 6) is -0.272. The first-order valence-corrected chi connectivity index (χ1v) is 10.8. The van der Waals surface area contributed by atoms with Gasteiger partial charge in [-0.25, -0.2) is 0 Å². The van der Waals surface area contributed by atoms with Gasteiger partial charge in [-0.15, -0.1) is 0 Å². The van der Waals surface area contributed by atoms with Crippen LogP contribution in [0.25, 0.3) is 0 Å². The largest absolute Gasteiger partial charge is 0.360 e. The van der Waals surface area contributed by atoms with Crippen molar-refractivity contribution in [2.45, 2.75) is 20.3 Å². The second kappa shape index (κ2) is 10.7. The number of rotatable bonds is 8. The smallest absolute Gasteiger partial charge is 0.275 e. The normalized spacial score (nSPS) is 14.2. The standard InChI is InChI=1S/C24H30N4O3/c1-3-19-6-4-5-7-22(19)26-23(30)16-25-24(31)17-27-12-14-28(15-13-27)21-10-8-20(9-11-21)18(2)29/h4-11H,3,12-17H2,1-2H3,(H,25,31)(H,26,30)/p+1. The van der Waals surface area contributed by atoms with Crippen molar-refractivity contribution in [3.63, 3.8) is 0 Å². The summed E-state index contributed by atoms with van der Waals surface area (Å²) in [5.41, 5.74) is 3.67. The van der Waals surface area contributed by atoms with Gasteiger partial charge in [0.2, 0.25) is 5.91 Å². The number of carbonyl (C=O) groups excluding carboxylic acids is 3. The highest BCUT2D eigenvalue weighted by Gasteiger charge is 2.22. The molecule has 0 aromatic heterocycles. The third-order valence-electron chi connectivity index (χ3n) is 5.64. The highest BCUT2D eigenvalue weighted by atomic mass is 16.2. The van der Waals surface area contributed by atoms with Gasteiger partial charge in [-0.3, -0.25) is 14.4 Å². The van der Waals surface area contributed by atoms with Crippen LogP contribution in [0.1, 0.15) is 29.8 Å². The van der Waals surface area contributed by atoms with Crippen LogP contribution in [0.4, 0.5) is 11.4 Å². The van der Waals surface area contributed by atoms with Gasteiger partial charge in [-0.05, 0) is 49.2 Å². The van der Waals surface area contributed by atoms with Gasteiger partial charge < -0.3 is 20.4 Å². The minimum absolute atomic E-state index is 0.0290. The molecule has 0 atom stereocenters. The third kappa shape index (κ3) is 6.39. The van der Waals surface area contributed by atoms with Crippen LogP contribution in [0.2, 0.25) is 0 Å². The molecular formula is C24H31N4O3+. The predicted octanol–water partition coefficient (Wildman–Crippen LogP) is 0.911. The van der Waals surface area contributed by atoms with Gasteiger partial charge in [0, 0.05) is 16.9 Å². The number of anilines is 2. The lowest BCUT2D eigenvalue weighted by Crippen LogP contribution is -3.16. The van der Waals surface area contributed by atoms with E-state index in [-0.39, 0.29) is 24.1 Å². The maximum absolute atomic E-state index is 12.3. The van der Waals surface area contributed by atoms with Crippen molar-refractivity contribution in [3.05, 3.63) is 59.7 Å². The molecule has 0 radical (unpaired) electrons. The number of benzene rings is 2. The second-order valence-electron chi connectivity index (χ2n) is 7.85. The molecule has 2 amide bonds. The average molecular weight is 424 g/mol. The number of nitrogens with one attached hydrogen (secondary N) is 3. The fourth-order valence-corrected chi connectivity index (χ4v) is 3.78. The van der Waals surface area contributed by atoms with Gasteiger partial charge >= 0.3 is 0 Å². The van der Waals surface area contributed by atoms with E-state index in [1.165, 1.54) is 4.90 Å². The van der Waals surface area contributed by atoms with Gasteiger partial charge in [0.05, 0.1) is 32.7 Å². The van der Waals surface area contributed by atoms with Crippen LogP contribution in [0.5, 0.6) is 0 Å². The molecular weight excluding hydrogens is 392 g/mol. The first-order chi connectivity index (χ1) is 15.0. The van der Waals surface area contributed by atoms with E-state index in [2.05, 4.69) is 15.5 Å². The van der Waals surface area contributed by atoms with Crippen molar-refractivity contribution in [2.75, 3.05) is 49.5 Å². The Morgan fingerprint density at radius 1 is 0.968 bits per heavy atom. The Bertz CT molecular complexity index is 919.